The third-order valence-electron chi connectivity index (χ3n) is 6.49. The maximum absolute atomic E-state index is 11.9. The lowest BCUT2D eigenvalue weighted by molar-refractivity contribution is -0.145. The monoisotopic (exact) mass is 376 g/mol. The van der Waals surface area contributed by atoms with Crippen LogP contribution in [0.5, 0.6) is 0 Å². The van der Waals surface area contributed by atoms with Crippen molar-refractivity contribution < 1.29 is 14.3 Å². The average molecular weight is 377 g/mol. The van der Waals surface area contributed by atoms with Gasteiger partial charge in [0, 0.05) is 6.61 Å². The van der Waals surface area contributed by atoms with Crippen LogP contribution in [0, 0.1) is 0 Å². The Balaban J connectivity index is 1.93. The largest absolute Gasteiger partial charge is 0.481 e. The fraction of sp³-hybridized carbons (Fsp3) is 0.682. The maximum Gasteiger partial charge on any atom is 0.314 e. The van der Waals surface area contributed by atoms with E-state index in [0.29, 0.717) is 29.5 Å². The molecule has 1 N–H and O–H groups in total. The summed E-state index contributed by atoms with van der Waals surface area (Å²) >= 11 is 0. The molecule has 1 aliphatic rings. The van der Waals surface area contributed by atoms with Gasteiger partial charge in [0.25, 0.3) is 0 Å². The van der Waals surface area contributed by atoms with Gasteiger partial charge in [-0.2, -0.15) is 0 Å². The Morgan fingerprint density at radius 1 is 1.08 bits per heavy atom. The summed E-state index contributed by atoms with van der Waals surface area (Å²) in [7, 11) is -1.81. The Hall–Kier alpha value is -1.13. The van der Waals surface area contributed by atoms with E-state index in [2.05, 4.69) is 41.5 Å². The molecule has 3 nitrogen and oxygen atoms in total. The number of fused-ring (bicyclic) bond motifs is 1. The molecule has 0 heterocycles. The van der Waals surface area contributed by atoms with Crippen LogP contribution in [0.1, 0.15) is 71.9 Å². The van der Waals surface area contributed by atoms with Gasteiger partial charge >= 0.3 is 5.97 Å². The predicted octanol–water partition coefficient (Wildman–Crippen LogP) is 5.93. The van der Waals surface area contributed by atoms with Gasteiger partial charge in [0.1, 0.15) is 0 Å². The summed E-state index contributed by atoms with van der Waals surface area (Å²) in [5.74, 6) is -0.674. The quantitative estimate of drug-likeness (QED) is 0.407. The molecule has 146 valence electrons. The van der Waals surface area contributed by atoms with Gasteiger partial charge in [0.05, 0.1) is 5.41 Å². The molecule has 1 unspecified atom stereocenters. The van der Waals surface area contributed by atoms with Crippen molar-refractivity contribution in [1.82, 2.24) is 0 Å². The molecule has 4 heteroatoms. The van der Waals surface area contributed by atoms with E-state index in [1.54, 1.807) is 0 Å². The van der Waals surface area contributed by atoms with Crippen LogP contribution < -0.4 is 0 Å². The zero-order valence-corrected chi connectivity index (χ0v) is 18.3. The molecule has 0 radical (unpaired) electrons. The van der Waals surface area contributed by atoms with Gasteiger partial charge in [-0.15, -0.1) is 0 Å². The Morgan fingerprint density at radius 3 is 2.15 bits per heavy atom. The van der Waals surface area contributed by atoms with E-state index in [-0.39, 0.29) is 0 Å². The third-order valence-corrected chi connectivity index (χ3v) is 12.6. The summed E-state index contributed by atoms with van der Waals surface area (Å²) in [6.45, 7) is 14.6. The smallest absolute Gasteiger partial charge is 0.314 e. The SMILES string of the molecule is CC(C)[Si](OCCCCC1(C(=O)O)Cc2ccccc21)(C(C)C)C(C)C. The van der Waals surface area contributed by atoms with E-state index < -0.39 is 19.7 Å². The van der Waals surface area contributed by atoms with E-state index in [9.17, 15) is 9.90 Å². The second kappa shape index (κ2) is 8.26. The van der Waals surface area contributed by atoms with Crippen molar-refractivity contribution in [2.24, 2.45) is 0 Å². The highest BCUT2D eigenvalue weighted by Crippen LogP contribution is 2.45. The summed E-state index contributed by atoms with van der Waals surface area (Å²) in [5.41, 5.74) is 3.31. The minimum atomic E-state index is -1.81. The van der Waals surface area contributed by atoms with Crippen molar-refractivity contribution in [2.45, 2.75) is 89.3 Å². The molecule has 1 aliphatic carbocycles. The lowest BCUT2D eigenvalue weighted by atomic mass is 9.61. The normalized spacial score (nSPS) is 19.7. The highest BCUT2D eigenvalue weighted by Gasteiger charge is 2.48. The van der Waals surface area contributed by atoms with Crippen molar-refractivity contribution in [3.05, 3.63) is 35.4 Å². The molecule has 0 spiro atoms. The van der Waals surface area contributed by atoms with Crippen LogP contribution in [0.4, 0.5) is 0 Å². The van der Waals surface area contributed by atoms with Gasteiger partial charge in [0.2, 0.25) is 0 Å². The Bertz CT molecular complexity index is 602. The summed E-state index contributed by atoms with van der Waals surface area (Å²) in [6.07, 6.45) is 3.22. The first-order valence-electron chi connectivity index (χ1n) is 10.1. The minimum Gasteiger partial charge on any atom is -0.481 e. The Morgan fingerprint density at radius 2 is 1.65 bits per heavy atom. The topological polar surface area (TPSA) is 46.5 Å². The summed E-state index contributed by atoms with van der Waals surface area (Å²) in [5, 5.41) is 9.81. The summed E-state index contributed by atoms with van der Waals surface area (Å²) < 4.78 is 6.60. The van der Waals surface area contributed by atoms with E-state index in [1.165, 1.54) is 5.56 Å². The molecule has 0 aliphatic heterocycles. The first-order chi connectivity index (χ1) is 12.2. The zero-order valence-electron chi connectivity index (χ0n) is 17.3. The van der Waals surface area contributed by atoms with Crippen LogP contribution in [0.15, 0.2) is 24.3 Å². The summed E-state index contributed by atoms with van der Waals surface area (Å²) in [4.78, 5) is 11.9. The zero-order chi connectivity index (χ0) is 19.5. The molecule has 1 atom stereocenters. The average Bonchev–Trinajstić information content (AvgIpc) is 2.53. The first kappa shape index (κ1) is 21.2. The molecule has 0 amide bonds. The number of benzene rings is 1. The summed E-state index contributed by atoms with van der Waals surface area (Å²) in [6, 6.07) is 7.98. The van der Waals surface area contributed by atoms with Crippen molar-refractivity contribution in [3.8, 4) is 0 Å². The lowest BCUT2D eigenvalue weighted by Gasteiger charge is -2.42. The first-order valence-corrected chi connectivity index (χ1v) is 12.3. The van der Waals surface area contributed by atoms with Crippen LogP contribution in [0.2, 0.25) is 16.6 Å². The van der Waals surface area contributed by atoms with Crippen LogP contribution in [-0.4, -0.2) is 26.0 Å². The van der Waals surface area contributed by atoms with E-state index >= 15 is 0 Å². The molecule has 0 bridgehead atoms. The molecule has 2 rings (SSSR count). The number of unbranched alkanes of at least 4 members (excludes halogenated alkanes) is 1. The highest BCUT2D eigenvalue weighted by molar-refractivity contribution is 6.77. The van der Waals surface area contributed by atoms with Crippen molar-refractivity contribution >= 4 is 14.3 Å². The van der Waals surface area contributed by atoms with Crippen molar-refractivity contribution in [3.63, 3.8) is 0 Å². The molecule has 0 aromatic heterocycles. The lowest BCUT2D eigenvalue weighted by Crippen LogP contribution is -2.48. The predicted molar refractivity (Wildman–Crippen MR) is 110 cm³/mol. The number of hydrogen-bond donors (Lipinski definition) is 1. The maximum atomic E-state index is 11.9. The van der Waals surface area contributed by atoms with Gasteiger partial charge in [-0.25, -0.2) is 0 Å². The standard InChI is InChI=1S/C22H36O3Si/c1-16(2)26(17(3)4,18(5)6)25-14-10-9-13-22(21(23)24)15-19-11-7-8-12-20(19)22/h7-8,11-12,16-18H,9-10,13-15H2,1-6H3,(H,23,24). The van der Waals surface area contributed by atoms with Crippen LogP contribution in [0.3, 0.4) is 0 Å². The second-order valence-corrected chi connectivity index (χ2v) is 14.3. The fourth-order valence-electron chi connectivity index (χ4n) is 5.25. The van der Waals surface area contributed by atoms with Gasteiger partial charge in [0.15, 0.2) is 8.32 Å². The number of aliphatic carboxylic acids is 1. The Labute approximate surface area is 160 Å². The third kappa shape index (κ3) is 3.63. The fourth-order valence-corrected chi connectivity index (χ4v) is 10.8. The molecule has 1 aromatic carbocycles. The van der Waals surface area contributed by atoms with E-state index in [4.69, 9.17) is 4.43 Å². The van der Waals surface area contributed by atoms with Gasteiger partial charge in [-0.1, -0.05) is 65.8 Å². The molecular formula is C22H36O3Si. The minimum absolute atomic E-state index is 0.589. The van der Waals surface area contributed by atoms with Crippen LogP contribution in [-0.2, 0) is 21.1 Å². The molecule has 1 aromatic rings. The number of rotatable bonds is 10. The molecule has 26 heavy (non-hydrogen) atoms. The van der Waals surface area contributed by atoms with Crippen LogP contribution >= 0.6 is 0 Å². The number of carboxylic acid groups (broad SMARTS) is 1. The number of carboxylic acids is 1. The number of carbonyl (C=O) groups is 1. The van der Waals surface area contributed by atoms with Crippen LogP contribution in [0.25, 0.3) is 0 Å². The molecule has 0 fully saturated rings. The van der Waals surface area contributed by atoms with Gasteiger partial charge in [-0.05, 0) is 53.4 Å². The van der Waals surface area contributed by atoms with Gasteiger partial charge in [-0.3, -0.25) is 4.79 Å². The van der Waals surface area contributed by atoms with Crippen molar-refractivity contribution in [1.29, 1.82) is 0 Å². The Kier molecular flexibility index (Phi) is 6.73. The highest BCUT2D eigenvalue weighted by atomic mass is 28.4. The number of hydrogen-bond acceptors (Lipinski definition) is 2. The molecule has 0 saturated carbocycles. The molecule has 0 saturated heterocycles. The van der Waals surface area contributed by atoms with Crippen molar-refractivity contribution in [2.75, 3.05) is 6.61 Å². The van der Waals surface area contributed by atoms with Gasteiger partial charge < -0.3 is 9.53 Å². The second-order valence-electron chi connectivity index (χ2n) is 8.84. The molecular weight excluding hydrogens is 340 g/mol. The van der Waals surface area contributed by atoms with E-state index in [1.807, 2.05) is 24.3 Å². The van der Waals surface area contributed by atoms with E-state index in [0.717, 1.165) is 25.0 Å².